The lowest BCUT2D eigenvalue weighted by Crippen LogP contribution is -2.36. The van der Waals surface area contributed by atoms with Gasteiger partial charge in [0.05, 0.1) is 11.3 Å². The van der Waals surface area contributed by atoms with E-state index in [2.05, 4.69) is 26.6 Å². The van der Waals surface area contributed by atoms with E-state index in [1.807, 2.05) is 13.2 Å². The summed E-state index contributed by atoms with van der Waals surface area (Å²) in [5.74, 6) is -0.128. The lowest BCUT2D eigenvalue weighted by molar-refractivity contribution is 0.0698. The summed E-state index contributed by atoms with van der Waals surface area (Å²) in [6.07, 6.45) is 2.87. The number of anilines is 1. The maximum Gasteiger partial charge on any atom is 0.337 e. The van der Waals surface area contributed by atoms with Crippen molar-refractivity contribution in [1.82, 2.24) is 5.32 Å². The topological polar surface area (TPSA) is 78.4 Å². The number of aromatic carboxylic acids is 1. The molecule has 0 aliphatic carbocycles. The van der Waals surface area contributed by atoms with E-state index >= 15 is 0 Å². The zero-order valence-electron chi connectivity index (χ0n) is 11.3. The molecule has 2 amide bonds. The molecule has 0 fully saturated rings. The van der Waals surface area contributed by atoms with E-state index in [1.54, 1.807) is 23.9 Å². The van der Waals surface area contributed by atoms with Crippen molar-refractivity contribution >= 4 is 45.4 Å². The third-order valence-electron chi connectivity index (χ3n) is 2.59. The Hall–Kier alpha value is -1.21. The smallest absolute Gasteiger partial charge is 0.337 e. The largest absolute Gasteiger partial charge is 0.478 e. The summed E-state index contributed by atoms with van der Waals surface area (Å²) in [7, 11) is 0. The van der Waals surface area contributed by atoms with Crippen molar-refractivity contribution in [2.45, 2.75) is 19.4 Å². The maximum atomic E-state index is 11.8. The van der Waals surface area contributed by atoms with E-state index in [4.69, 9.17) is 5.11 Å². The summed E-state index contributed by atoms with van der Waals surface area (Å²) in [5, 5.41) is 14.4. The van der Waals surface area contributed by atoms with Gasteiger partial charge in [-0.2, -0.15) is 11.8 Å². The van der Waals surface area contributed by atoms with Crippen LogP contribution in [0.4, 0.5) is 10.5 Å². The number of amides is 2. The highest BCUT2D eigenvalue weighted by molar-refractivity contribution is 9.10. The van der Waals surface area contributed by atoms with E-state index in [-0.39, 0.29) is 17.3 Å². The first kappa shape index (κ1) is 16.8. The van der Waals surface area contributed by atoms with Gasteiger partial charge < -0.3 is 15.7 Å². The molecule has 0 saturated carbocycles. The van der Waals surface area contributed by atoms with Gasteiger partial charge in [-0.1, -0.05) is 15.9 Å². The molecule has 1 atom stereocenters. The molecule has 3 N–H and O–H groups in total. The number of hydrogen-bond acceptors (Lipinski definition) is 3. The predicted molar refractivity (Wildman–Crippen MR) is 85.7 cm³/mol. The van der Waals surface area contributed by atoms with Gasteiger partial charge in [-0.25, -0.2) is 9.59 Å². The molecular weight excluding hydrogens is 344 g/mol. The van der Waals surface area contributed by atoms with Crippen molar-refractivity contribution in [2.24, 2.45) is 0 Å². The Kier molecular flexibility index (Phi) is 6.87. The lowest BCUT2D eigenvalue weighted by atomic mass is 10.2. The molecule has 0 bridgehead atoms. The van der Waals surface area contributed by atoms with Crippen LogP contribution in [0.15, 0.2) is 22.7 Å². The number of carboxylic acid groups (broad SMARTS) is 1. The van der Waals surface area contributed by atoms with Gasteiger partial charge in [-0.15, -0.1) is 0 Å². The molecule has 20 heavy (non-hydrogen) atoms. The van der Waals surface area contributed by atoms with Gasteiger partial charge in [0.2, 0.25) is 0 Å². The second kappa shape index (κ2) is 8.16. The molecule has 7 heteroatoms. The van der Waals surface area contributed by atoms with Crippen LogP contribution in [-0.2, 0) is 0 Å². The monoisotopic (exact) mass is 360 g/mol. The van der Waals surface area contributed by atoms with Gasteiger partial charge in [0.1, 0.15) is 0 Å². The van der Waals surface area contributed by atoms with Gasteiger partial charge in [0, 0.05) is 10.5 Å². The minimum absolute atomic E-state index is 0.0335. The Morgan fingerprint density at radius 3 is 2.75 bits per heavy atom. The van der Waals surface area contributed by atoms with Crippen LogP contribution < -0.4 is 10.6 Å². The molecule has 1 rings (SSSR count). The van der Waals surface area contributed by atoms with Crippen molar-refractivity contribution in [1.29, 1.82) is 0 Å². The first-order chi connectivity index (χ1) is 9.43. The molecule has 0 aliphatic rings. The van der Waals surface area contributed by atoms with Crippen LogP contribution in [0.2, 0.25) is 0 Å². The number of carbonyl (C=O) groups is 2. The number of carbonyl (C=O) groups excluding carboxylic acids is 1. The van der Waals surface area contributed by atoms with Gasteiger partial charge >= 0.3 is 12.0 Å². The third-order valence-corrected chi connectivity index (χ3v) is 3.73. The number of hydrogen-bond donors (Lipinski definition) is 3. The molecule has 1 unspecified atom stereocenters. The van der Waals surface area contributed by atoms with Crippen LogP contribution in [0, 0.1) is 0 Å². The van der Waals surface area contributed by atoms with Gasteiger partial charge in [-0.3, -0.25) is 0 Å². The SMILES string of the molecule is CSCCC(C)NC(=O)Nc1ccc(Br)cc1C(=O)O. The van der Waals surface area contributed by atoms with Crippen LogP contribution >= 0.6 is 27.7 Å². The molecule has 0 heterocycles. The van der Waals surface area contributed by atoms with Gasteiger partial charge in [-0.05, 0) is 43.6 Å². The molecule has 0 saturated heterocycles. The normalized spacial score (nSPS) is 11.8. The van der Waals surface area contributed by atoms with Crippen molar-refractivity contribution in [2.75, 3.05) is 17.3 Å². The molecule has 0 spiro atoms. The van der Waals surface area contributed by atoms with Crippen molar-refractivity contribution in [3.8, 4) is 0 Å². The number of nitrogens with one attached hydrogen (secondary N) is 2. The second-order valence-corrected chi connectivity index (χ2v) is 6.18. The molecule has 0 radical (unpaired) electrons. The Morgan fingerprint density at radius 1 is 1.45 bits per heavy atom. The zero-order valence-corrected chi connectivity index (χ0v) is 13.7. The van der Waals surface area contributed by atoms with E-state index in [0.29, 0.717) is 4.47 Å². The second-order valence-electron chi connectivity index (χ2n) is 4.28. The van der Waals surface area contributed by atoms with Crippen molar-refractivity contribution < 1.29 is 14.7 Å². The first-order valence-corrected chi connectivity index (χ1v) is 8.22. The minimum atomic E-state index is -1.09. The molecule has 5 nitrogen and oxygen atoms in total. The third kappa shape index (κ3) is 5.42. The fraction of sp³-hybridized carbons (Fsp3) is 0.385. The number of urea groups is 1. The van der Waals surface area contributed by atoms with Gasteiger partial charge in [0.25, 0.3) is 0 Å². The van der Waals surface area contributed by atoms with E-state index in [1.165, 1.54) is 6.07 Å². The number of carboxylic acids is 1. The highest BCUT2D eigenvalue weighted by Gasteiger charge is 2.14. The molecule has 0 aliphatic heterocycles. The standard InChI is InChI=1S/C13H17BrN2O3S/c1-8(5-6-20-2)15-13(19)16-11-4-3-9(14)7-10(11)12(17)18/h3-4,7-8H,5-6H2,1-2H3,(H,17,18)(H2,15,16,19). The minimum Gasteiger partial charge on any atom is -0.478 e. The van der Waals surface area contributed by atoms with Crippen molar-refractivity contribution in [3.05, 3.63) is 28.2 Å². The maximum absolute atomic E-state index is 11.8. The number of rotatable bonds is 6. The van der Waals surface area contributed by atoms with E-state index < -0.39 is 12.0 Å². The Balaban J connectivity index is 2.68. The van der Waals surface area contributed by atoms with Crippen molar-refractivity contribution in [3.63, 3.8) is 0 Å². The van der Waals surface area contributed by atoms with Crippen LogP contribution in [0.25, 0.3) is 0 Å². The Morgan fingerprint density at radius 2 is 2.15 bits per heavy atom. The number of thioether (sulfide) groups is 1. The summed E-state index contributed by atoms with van der Waals surface area (Å²) in [6, 6.07) is 4.32. The lowest BCUT2D eigenvalue weighted by Gasteiger charge is -2.15. The average Bonchev–Trinajstić information content (AvgIpc) is 2.38. The highest BCUT2D eigenvalue weighted by atomic mass is 79.9. The number of halogens is 1. The summed E-state index contributed by atoms with van der Waals surface area (Å²) < 4.78 is 0.647. The highest BCUT2D eigenvalue weighted by Crippen LogP contribution is 2.21. The van der Waals surface area contributed by atoms with Crippen LogP contribution in [-0.4, -0.2) is 35.2 Å². The molecule has 1 aromatic rings. The first-order valence-electron chi connectivity index (χ1n) is 6.03. The van der Waals surface area contributed by atoms with Crippen LogP contribution in [0.3, 0.4) is 0 Å². The van der Waals surface area contributed by atoms with Gasteiger partial charge in [0.15, 0.2) is 0 Å². The fourth-order valence-corrected chi connectivity index (χ4v) is 2.50. The summed E-state index contributed by atoms with van der Waals surface area (Å²) in [6.45, 7) is 1.91. The summed E-state index contributed by atoms with van der Waals surface area (Å²) in [4.78, 5) is 22.9. The van der Waals surface area contributed by atoms with E-state index in [0.717, 1.165) is 12.2 Å². The average molecular weight is 361 g/mol. The number of benzene rings is 1. The molecule has 0 aromatic heterocycles. The summed E-state index contributed by atoms with van der Waals surface area (Å²) >= 11 is 4.92. The van der Waals surface area contributed by atoms with Crippen LogP contribution in [0.1, 0.15) is 23.7 Å². The Bertz CT molecular complexity index is 497. The zero-order chi connectivity index (χ0) is 15.1. The molecule has 110 valence electrons. The molecular formula is C13H17BrN2O3S. The fourth-order valence-electron chi connectivity index (χ4n) is 1.55. The van der Waals surface area contributed by atoms with E-state index in [9.17, 15) is 9.59 Å². The summed E-state index contributed by atoms with van der Waals surface area (Å²) in [5.41, 5.74) is 0.321. The van der Waals surface area contributed by atoms with Crippen LogP contribution in [0.5, 0.6) is 0 Å². The predicted octanol–water partition coefficient (Wildman–Crippen LogP) is 3.41. The Labute approximate surface area is 130 Å². The quantitative estimate of drug-likeness (QED) is 0.726. The molecule has 1 aromatic carbocycles.